The molecule has 5 atom stereocenters. The third-order valence-electron chi connectivity index (χ3n) is 17.1. The van der Waals surface area contributed by atoms with Crippen molar-refractivity contribution in [1.29, 1.82) is 0 Å². The summed E-state index contributed by atoms with van der Waals surface area (Å²) in [7, 11) is -9.91. The first-order valence-corrected chi connectivity index (χ1v) is 41.2. The summed E-state index contributed by atoms with van der Waals surface area (Å²) in [5, 5.41) is 10.6. The van der Waals surface area contributed by atoms with E-state index in [1.807, 2.05) is 0 Å². The van der Waals surface area contributed by atoms with Gasteiger partial charge < -0.3 is 33.8 Å². The third-order valence-corrected chi connectivity index (χ3v) is 19.0. The quantitative estimate of drug-likeness (QED) is 0.0222. The largest absolute Gasteiger partial charge is 0.472 e. The number of hydrogen-bond donors (Lipinski definition) is 3. The lowest BCUT2D eigenvalue weighted by Crippen LogP contribution is -2.30. The van der Waals surface area contributed by atoms with E-state index in [1.165, 1.54) is 173 Å². The molecule has 0 aromatic heterocycles. The van der Waals surface area contributed by atoms with E-state index in [0.717, 1.165) is 108 Å². The predicted molar refractivity (Wildman–Crippen MR) is 377 cm³/mol. The van der Waals surface area contributed by atoms with E-state index in [-0.39, 0.29) is 25.7 Å². The molecule has 0 heterocycles. The number of rotatable bonds is 71. The first-order valence-electron chi connectivity index (χ1n) is 38.2. The van der Waals surface area contributed by atoms with Gasteiger partial charge in [-0.25, -0.2) is 9.13 Å². The minimum absolute atomic E-state index is 0.103. The molecular formula is C74H144O17P2. The Labute approximate surface area is 568 Å². The average Bonchev–Trinajstić information content (AvgIpc) is 1.40. The van der Waals surface area contributed by atoms with E-state index < -0.39 is 97.5 Å². The fourth-order valence-corrected chi connectivity index (χ4v) is 12.8. The van der Waals surface area contributed by atoms with Crippen molar-refractivity contribution in [3.05, 3.63) is 0 Å². The Morgan fingerprint density at radius 2 is 0.452 bits per heavy atom. The molecule has 0 spiro atoms. The van der Waals surface area contributed by atoms with Gasteiger partial charge in [-0.15, -0.1) is 0 Å². The van der Waals surface area contributed by atoms with Crippen LogP contribution in [0.25, 0.3) is 0 Å². The molecule has 0 aliphatic heterocycles. The molecule has 0 aliphatic carbocycles. The molecule has 0 saturated heterocycles. The first-order chi connectivity index (χ1) is 44.6. The molecule has 0 saturated carbocycles. The lowest BCUT2D eigenvalue weighted by Gasteiger charge is -2.21. The Hall–Kier alpha value is -1.94. The van der Waals surface area contributed by atoms with E-state index >= 15 is 0 Å². The first kappa shape index (κ1) is 91.1. The molecule has 0 radical (unpaired) electrons. The Morgan fingerprint density at radius 1 is 0.269 bits per heavy atom. The molecule has 19 heteroatoms. The highest BCUT2D eigenvalue weighted by atomic mass is 31.2. The molecule has 552 valence electrons. The van der Waals surface area contributed by atoms with Gasteiger partial charge >= 0.3 is 39.5 Å². The van der Waals surface area contributed by atoms with E-state index in [4.69, 9.17) is 37.0 Å². The van der Waals surface area contributed by atoms with Gasteiger partial charge in [-0.3, -0.25) is 37.3 Å². The van der Waals surface area contributed by atoms with Crippen LogP contribution in [0.2, 0.25) is 0 Å². The molecular weight excluding hydrogens is 1220 g/mol. The number of ether oxygens (including phenoxy) is 4. The number of aliphatic hydroxyl groups is 1. The maximum Gasteiger partial charge on any atom is 0.472 e. The normalized spacial score (nSPS) is 14.2. The molecule has 0 bridgehead atoms. The number of carbonyl (C=O) groups excluding carboxylic acids is 4. The molecule has 0 amide bonds. The van der Waals surface area contributed by atoms with Gasteiger partial charge in [-0.1, -0.05) is 319 Å². The van der Waals surface area contributed by atoms with Crippen molar-refractivity contribution in [1.82, 2.24) is 0 Å². The minimum Gasteiger partial charge on any atom is -0.462 e. The number of phosphoric acid groups is 2. The van der Waals surface area contributed by atoms with Crippen molar-refractivity contribution >= 4 is 39.5 Å². The smallest absolute Gasteiger partial charge is 0.462 e. The number of hydrogen-bond acceptors (Lipinski definition) is 15. The second-order valence-corrected chi connectivity index (χ2v) is 31.5. The summed E-state index contributed by atoms with van der Waals surface area (Å²) in [6.07, 6.45) is 47.6. The molecule has 0 aromatic rings. The fraction of sp³-hybridized carbons (Fsp3) is 0.946. The van der Waals surface area contributed by atoms with Gasteiger partial charge in [-0.05, 0) is 49.4 Å². The highest BCUT2D eigenvalue weighted by Crippen LogP contribution is 2.45. The molecule has 3 unspecified atom stereocenters. The Morgan fingerprint density at radius 3 is 0.667 bits per heavy atom. The van der Waals surface area contributed by atoms with E-state index in [9.17, 15) is 43.2 Å². The summed E-state index contributed by atoms with van der Waals surface area (Å²) in [6, 6.07) is 0. The fourth-order valence-electron chi connectivity index (χ4n) is 11.2. The number of phosphoric ester groups is 2. The van der Waals surface area contributed by atoms with Crippen molar-refractivity contribution in [2.75, 3.05) is 39.6 Å². The summed E-state index contributed by atoms with van der Waals surface area (Å²) in [5.74, 6) is 0.834. The van der Waals surface area contributed by atoms with Crippen molar-refractivity contribution in [3.63, 3.8) is 0 Å². The molecule has 0 aromatic carbocycles. The van der Waals surface area contributed by atoms with Crippen LogP contribution in [-0.2, 0) is 65.4 Å². The second kappa shape index (κ2) is 63.5. The average molecular weight is 1370 g/mol. The van der Waals surface area contributed by atoms with Crippen LogP contribution in [0, 0.1) is 23.7 Å². The van der Waals surface area contributed by atoms with Crippen LogP contribution in [0.15, 0.2) is 0 Å². The number of carbonyl (C=O) groups is 4. The summed E-state index contributed by atoms with van der Waals surface area (Å²) in [6.45, 7) is 14.1. The molecule has 93 heavy (non-hydrogen) atoms. The van der Waals surface area contributed by atoms with Crippen molar-refractivity contribution < 1.29 is 80.2 Å². The summed E-state index contributed by atoms with van der Waals surface area (Å²) >= 11 is 0. The van der Waals surface area contributed by atoms with Crippen LogP contribution >= 0.6 is 15.6 Å². The lowest BCUT2D eigenvalue weighted by molar-refractivity contribution is -0.161. The topological polar surface area (TPSA) is 237 Å². The van der Waals surface area contributed by atoms with Crippen LogP contribution in [0.3, 0.4) is 0 Å². The summed E-state index contributed by atoms with van der Waals surface area (Å²) in [4.78, 5) is 72.6. The zero-order chi connectivity index (χ0) is 68.9. The molecule has 3 N–H and O–H groups in total. The van der Waals surface area contributed by atoms with Gasteiger partial charge in [0.2, 0.25) is 0 Å². The second-order valence-electron chi connectivity index (χ2n) is 28.6. The van der Waals surface area contributed by atoms with Gasteiger partial charge in [0.15, 0.2) is 12.2 Å². The predicted octanol–water partition coefficient (Wildman–Crippen LogP) is 21.3. The molecule has 0 fully saturated rings. The Balaban J connectivity index is 5.14. The monoisotopic (exact) mass is 1370 g/mol. The van der Waals surface area contributed by atoms with Crippen molar-refractivity contribution in [2.24, 2.45) is 23.7 Å². The van der Waals surface area contributed by atoms with Gasteiger partial charge in [0.05, 0.1) is 26.4 Å². The van der Waals surface area contributed by atoms with Crippen molar-refractivity contribution in [3.8, 4) is 0 Å². The molecule has 17 nitrogen and oxygen atoms in total. The van der Waals surface area contributed by atoms with Crippen LogP contribution < -0.4 is 0 Å². The lowest BCUT2D eigenvalue weighted by atomic mass is 10.0. The van der Waals surface area contributed by atoms with Crippen molar-refractivity contribution in [2.45, 2.75) is 388 Å². The zero-order valence-corrected chi connectivity index (χ0v) is 62.7. The zero-order valence-electron chi connectivity index (χ0n) is 60.9. The van der Waals surface area contributed by atoms with Gasteiger partial charge in [-0.2, -0.15) is 0 Å². The van der Waals surface area contributed by atoms with E-state index in [1.54, 1.807) is 0 Å². The van der Waals surface area contributed by atoms with Gasteiger partial charge in [0.1, 0.15) is 19.3 Å². The maximum absolute atomic E-state index is 13.0. The summed E-state index contributed by atoms with van der Waals surface area (Å²) in [5.41, 5.74) is 0. The number of unbranched alkanes of at least 4 members (excludes halogenated alkanes) is 37. The third kappa shape index (κ3) is 68.4. The van der Waals surface area contributed by atoms with Gasteiger partial charge in [0.25, 0.3) is 0 Å². The minimum atomic E-state index is -4.95. The maximum atomic E-state index is 13.0. The van der Waals surface area contributed by atoms with Crippen LogP contribution in [-0.4, -0.2) is 96.7 Å². The number of esters is 4. The van der Waals surface area contributed by atoms with Crippen LogP contribution in [0.5, 0.6) is 0 Å². The number of aliphatic hydroxyl groups excluding tert-OH is 1. The van der Waals surface area contributed by atoms with Gasteiger partial charge in [0, 0.05) is 25.7 Å². The standard InChI is InChI=1S/C74H144O17P2/c1-64(2)50-42-34-26-19-17-15-13-11-9-10-12-14-16-18-20-30-38-46-54-71(76)84-61-70(91-74(79)57-49-41-33-25-29-37-45-53-67(7)8)63-89-93(82,83)87-59-68(75)58-86-92(80,81)88-62-69(90-73(78)56-48-40-32-24-22-28-36-44-52-66(5)6)60-85-72(77)55-47-39-31-23-21-27-35-43-51-65(3)4/h64-70,75H,9-63H2,1-8H3,(H,80,81)(H,82,83)/t68?,69-,70-/m1/s1. The molecule has 0 rings (SSSR count). The summed E-state index contributed by atoms with van der Waals surface area (Å²) < 4.78 is 68.3. The van der Waals surface area contributed by atoms with Crippen LogP contribution in [0.4, 0.5) is 0 Å². The van der Waals surface area contributed by atoms with E-state index in [0.29, 0.717) is 31.6 Å². The SMILES string of the molecule is CC(C)CCCCCCCCCCCCCCCCCCCCC(=O)OC[C@H](COP(=O)(O)OCC(O)COP(=O)(O)OC[C@@H](COC(=O)CCCCCCCCCCC(C)C)OC(=O)CCCCCCCCCCC(C)C)OC(=O)CCCCCCCCCC(C)C. The van der Waals surface area contributed by atoms with Crippen LogP contribution in [0.1, 0.15) is 370 Å². The highest BCUT2D eigenvalue weighted by molar-refractivity contribution is 7.47. The highest BCUT2D eigenvalue weighted by Gasteiger charge is 2.30. The Bertz CT molecular complexity index is 1830. The Kier molecular flexibility index (Phi) is 62.2. The van der Waals surface area contributed by atoms with E-state index in [2.05, 4.69) is 55.4 Å². The molecule has 0 aliphatic rings.